The van der Waals surface area contributed by atoms with E-state index < -0.39 is 5.43 Å². The fraction of sp³-hybridized carbons (Fsp3) is 0.435. The SMILES string of the molecule is CCCCOc1c2n(cc(C=O)c1=O)[C@@H](Cc1ccccc1)CN(CCOC)C2=O. The van der Waals surface area contributed by atoms with Crippen molar-refractivity contribution in [2.24, 2.45) is 0 Å². The molecule has 0 N–H and O–H groups in total. The zero-order chi connectivity index (χ0) is 21.5. The van der Waals surface area contributed by atoms with E-state index >= 15 is 0 Å². The number of ether oxygens (including phenoxy) is 2. The fourth-order valence-electron chi connectivity index (χ4n) is 3.68. The molecule has 2 heterocycles. The lowest BCUT2D eigenvalue weighted by Gasteiger charge is -2.37. The van der Waals surface area contributed by atoms with E-state index in [2.05, 4.69) is 0 Å². The number of methoxy groups -OCH3 is 1. The minimum atomic E-state index is -0.534. The highest BCUT2D eigenvalue weighted by atomic mass is 16.5. The van der Waals surface area contributed by atoms with Crippen molar-refractivity contribution in [2.45, 2.75) is 32.2 Å². The standard InChI is InChI=1S/C23H28N2O5/c1-3-4-11-30-22-20-23(28)24(10-12-29-2)15-19(13-17-8-6-5-7-9-17)25(20)14-18(16-26)21(22)27/h5-9,14,16,19H,3-4,10-13,15H2,1-2H3/t19-/m0/s1. The number of fused-ring (bicyclic) bond motifs is 1. The first-order chi connectivity index (χ1) is 14.6. The third-order valence-corrected chi connectivity index (χ3v) is 5.28. The number of carbonyl (C=O) groups excluding carboxylic acids is 2. The smallest absolute Gasteiger partial charge is 0.274 e. The number of rotatable bonds is 10. The van der Waals surface area contributed by atoms with E-state index in [1.165, 1.54) is 6.20 Å². The molecule has 2 aromatic rings. The van der Waals surface area contributed by atoms with Crippen molar-refractivity contribution in [3.05, 3.63) is 63.6 Å². The zero-order valence-electron chi connectivity index (χ0n) is 17.5. The van der Waals surface area contributed by atoms with Crippen molar-refractivity contribution < 1.29 is 19.1 Å². The molecule has 0 spiro atoms. The summed E-state index contributed by atoms with van der Waals surface area (Å²) < 4.78 is 12.7. The molecule has 0 saturated heterocycles. The Kier molecular flexibility index (Phi) is 7.41. The number of hydrogen-bond donors (Lipinski definition) is 0. The number of pyridine rings is 1. The molecule has 1 aromatic heterocycles. The predicted molar refractivity (Wildman–Crippen MR) is 113 cm³/mol. The summed E-state index contributed by atoms with van der Waals surface area (Å²) in [6, 6.07) is 9.80. The molecule has 0 aliphatic carbocycles. The van der Waals surface area contributed by atoms with Crippen LogP contribution >= 0.6 is 0 Å². The molecule has 0 fully saturated rings. The first kappa shape index (κ1) is 21.8. The number of benzene rings is 1. The van der Waals surface area contributed by atoms with Crippen LogP contribution in [0.25, 0.3) is 0 Å². The summed E-state index contributed by atoms with van der Waals surface area (Å²) in [4.78, 5) is 39.4. The third kappa shape index (κ3) is 4.62. The summed E-state index contributed by atoms with van der Waals surface area (Å²) in [5.74, 6) is -0.310. The lowest BCUT2D eigenvalue weighted by Crippen LogP contribution is -2.46. The molecule has 0 bridgehead atoms. The van der Waals surface area contributed by atoms with Crippen molar-refractivity contribution >= 4 is 12.2 Å². The maximum Gasteiger partial charge on any atom is 0.274 e. The second kappa shape index (κ2) is 10.2. The molecule has 7 nitrogen and oxygen atoms in total. The molecule has 0 unspecified atom stereocenters. The Morgan fingerprint density at radius 1 is 1.17 bits per heavy atom. The molecule has 0 saturated carbocycles. The second-order valence-electron chi connectivity index (χ2n) is 7.41. The Bertz CT molecular complexity index is 939. The molecule has 1 aliphatic rings. The van der Waals surface area contributed by atoms with E-state index in [-0.39, 0.29) is 29.0 Å². The van der Waals surface area contributed by atoms with Gasteiger partial charge in [-0.1, -0.05) is 43.7 Å². The lowest BCUT2D eigenvalue weighted by atomic mass is 10.0. The average Bonchev–Trinajstić information content (AvgIpc) is 2.76. The van der Waals surface area contributed by atoms with Gasteiger partial charge in [0.05, 0.1) is 24.8 Å². The van der Waals surface area contributed by atoms with E-state index in [4.69, 9.17) is 9.47 Å². The Hall–Kier alpha value is -2.93. The summed E-state index contributed by atoms with van der Waals surface area (Å²) in [5.41, 5.74) is 0.786. The maximum absolute atomic E-state index is 13.3. The Balaban J connectivity index is 2.10. The molecule has 1 aromatic carbocycles. The molecule has 7 heteroatoms. The van der Waals surface area contributed by atoms with Gasteiger partial charge >= 0.3 is 0 Å². The minimum absolute atomic E-state index is 0.00134. The van der Waals surface area contributed by atoms with E-state index in [9.17, 15) is 14.4 Å². The van der Waals surface area contributed by atoms with Gasteiger partial charge in [-0.05, 0) is 18.4 Å². The van der Waals surface area contributed by atoms with Crippen LogP contribution in [0.5, 0.6) is 5.75 Å². The Morgan fingerprint density at radius 3 is 2.60 bits per heavy atom. The highest BCUT2D eigenvalue weighted by Gasteiger charge is 2.35. The summed E-state index contributed by atoms with van der Waals surface area (Å²) in [6.07, 6.45) is 4.32. The van der Waals surface area contributed by atoms with Gasteiger partial charge < -0.3 is 18.9 Å². The minimum Gasteiger partial charge on any atom is -0.487 e. The Morgan fingerprint density at radius 2 is 1.93 bits per heavy atom. The third-order valence-electron chi connectivity index (χ3n) is 5.28. The molecule has 160 valence electrons. The van der Waals surface area contributed by atoms with Gasteiger partial charge in [0.15, 0.2) is 17.7 Å². The lowest BCUT2D eigenvalue weighted by molar-refractivity contribution is 0.0589. The highest BCUT2D eigenvalue weighted by molar-refractivity contribution is 5.96. The monoisotopic (exact) mass is 412 g/mol. The summed E-state index contributed by atoms with van der Waals surface area (Å²) >= 11 is 0. The fourth-order valence-corrected chi connectivity index (χ4v) is 3.68. The van der Waals surface area contributed by atoms with Gasteiger partial charge in [0.2, 0.25) is 5.43 Å². The molecule has 3 rings (SSSR count). The number of aromatic nitrogens is 1. The summed E-state index contributed by atoms with van der Waals surface area (Å²) in [6.45, 7) is 3.60. The van der Waals surface area contributed by atoms with Crippen LogP contribution in [0.3, 0.4) is 0 Å². The van der Waals surface area contributed by atoms with Gasteiger partial charge in [-0.25, -0.2) is 0 Å². The molecular formula is C23H28N2O5. The van der Waals surface area contributed by atoms with Crippen LogP contribution < -0.4 is 10.2 Å². The highest BCUT2D eigenvalue weighted by Crippen LogP contribution is 2.29. The maximum atomic E-state index is 13.3. The van der Waals surface area contributed by atoms with Crippen molar-refractivity contribution in [1.82, 2.24) is 9.47 Å². The van der Waals surface area contributed by atoms with Crippen LogP contribution in [-0.4, -0.2) is 55.1 Å². The largest absolute Gasteiger partial charge is 0.487 e. The molecule has 1 aliphatic heterocycles. The van der Waals surface area contributed by atoms with Gasteiger partial charge in [0.1, 0.15) is 0 Å². The van der Waals surface area contributed by atoms with Gasteiger partial charge in [-0.3, -0.25) is 14.4 Å². The zero-order valence-corrected chi connectivity index (χ0v) is 17.5. The second-order valence-corrected chi connectivity index (χ2v) is 7.41. The van der Waals surface area contributed by atoms with Gasteiger partial charge in [0, 0.05) is 26.4 Å². The molecule has 30 heavy (non-hydrogen) atoms. The van der Waals surface area contributed by atoms with Crippen LogP contribution in [0.1, 0.15) is 52.2 Å². The van der Waals surface area contributed by atoms with E-state index in [0.29, 0.717) is 39.0 Å². The number of unbranched alkanes of at least 4 members (excludes halogenated alkanes) is 1. The van der Waals surface area contributed by atoms with Crippen LogP contribution in [-0.2, 0) is 11.2 Å². The first-order valence-corrected chi connectivity index (χ1v) is 10.3. The van der Waals surface area contributed by atoms with Crippen molar-refractivity contribution in [2.75, 3.05) is 33.4 Å². The number of amides is 1. The molecular weight excluding hydrogens is 384 g/mol. The van der Waals surface area contributed by atoms with Gasteiger partial charge in [-0.15, -0.1) is 0 Å². The van der Waals surface area contributed by atoms with Crippen molar-refractivity contribution in [3.8, 4) is 5.75 Å². The average molecular weight is 412 g/mol. The van der Waals surface area contributed by atoms with Gasteiger partial charge in [-0.2, -0.15) is 0 Å². The number of nitrogens with zero attached hydrogens (tertiary/aromatic N) is 2. The normalized spacial score (nSPS) is 15.7. The number of aldehydes is 1. The quantitative estimate of drug-likeness (QED) is 0.443. The van der Waals surface area contributed by atoms with Crippen LogP contribution in [0.15, 0.2) is 41.3 Å². The van der Waals surface area contributed by atoms with E-state index in [1.807, 2.05) is 37.3 Å². The molecule has 0 radical (unpaired) electrons. The van der Waals surface area contributed by atoms with Crippen molar-refractivity contribution in [1.29, 1.82) is 0 Å². The predicted octanol–water partition coefficient (Wildman–Crippen LogP) is 2.73. The summed E-state index contributed by atoms with van der Waals surface area (Å²) in [5, 5.41) is 0. The van der Waals surface area contributed by atoms with Crippen LogP contribution in [0.4, 0.5) is 0 Å². The van der Waals surface area contributed by atoms with Crippen molar-refractivity contribution in [3.63, 3.8) is 0 Å². The van der Waals surface area contributed by atoms with E-state index in [0.717, 1.165) is 18.4 Å². The van der Waals surface area contributed by atoms with Gasteiger partial charge in [0.25, 0.3) is 5.91 Å². The molecule has 1 atom stereocenters. The Labute approximate surface area is 176 Å². The topological polar surface area (TPSA) is 77.8 Å². The van der Waals surface area contributed by atoms with Crippen LogP contribution in [0.2, 0.25) is 0 Å². The van der Waals surface area contributed by atoms with Crippen LogP contribution in [0, 0.1) is 0 Å². The first-order valence-electron chi connectivity index (χ1n) is 10.3. The van der Waals surface area contributed by atoms with E-state index in [1.54, 1.807) is 16.6 Å². The molecule has 1 amide bonds. The number of carbonyl (C=O) groups is 2. The number of hydrogen-bond acceptors (Lipinski definition) is 5. The summed E-state index contributed by atoms with van der Waals surface area (Å²) in [7, 11) is 1.59.